The van der Waals surface area contributed by atoms with Gasteiger partial charge in [-0.3, -0.25) is 9.59 Å². The maximum Gasteiger partial charge on any atom is 0.295 e. The van der Waals surface area contributed by atoms with Gasteiger partial charge >= 0.3 is 0 Å². The predicted molar refractivity (Wildman–Crippen MR) is 161 cm³/mol. The third-order valence-electron chi connectivity index (χ3n) is 7.10. The SMILES string of the molecule is CCCCCOc1ccc(C2C(=C(O)c3ccc(OCCC)cc3)C(=O)C(=O)N2CCCn2ccnc2)cc1OCC. The fourth-order valence-electron chi connectivity index (χ4n) is 5.00. The van der Waals surface area contributed by atoms with Crippen molar-refractivity contribution in [2.45, 2.75) is 65.5 Å². The van der Waals surface area contributed by atoms with E-state index in [4.69, 9.17) is 14.2 Å². The third kappa shape index (κ3) is 7.32. The summed E-state index contributed by atoms with van der Waals surface area (Å²) in [5, 5.41) is 11.5. The first-order valence-electron chi connectivity index (χ1n) is 14.8. The fourth-order valence-corrected chi connectivity index (χ4v) is 5.00. The average Bonchev–Trinajstić information content (AvgIpc) is 3.61. The number of ether oxygens (including phenoxy) is 3. The van der Waals surface area contributed by atoms with E-state index in [1.165, 1.54) is 4.90 Å². The van der Waals surface area contributed by atoms with Gasteiger partial charge in [-0.1, -0.05) is 32.8 Å². The Morgan fingerprint density at radius 3 is 2.38 bits per heavy atom. The third-order valence-corrected chi connectivity index (χ3v) is 7.10. The summed E-state index contributed by atoms with van der Waals surface area (Å²) in [4.78, 5) is 32.5. The monoisotopic (exact) mass is 575 g/mol. The molecule has 0 bridgehead atoms. The largest absolute Gasteiger partial charge is 0.507 e. The minimum atomic E-state index is -0.794. The first-order valence-corrected chi connectivity index (χ1v) is 14.8. The zero-order valence-corrected chi connectivity index (χ0v) is 24.8. The Balaban J connectivity index is 1.71. The molecule has 2 aromatic carbocycles. The number of hydrogen-bond donors (Lipinski definition) is 1. The summed E-state index contributed by atoms with van der Waals surface area (Å²) in [6.45, 7) is 8.57. The first kappa shape index (κ1) is 30.7. The van der Waals surface area contributed by atoms with Crippen LogP contribution in [0.25, 0.3) is 5.76 Å². The van der Waals surface area contributed by atoms with Crippen LogP contribution in [0.3, 0.4) is 0 Å². The van der Waals surface area contributed by atoms with E-state index in [1.54, 1.807) is 36.8 Å². The van der Waals surface area contributed by atoms with Gasteiger partial charge in [0.25, 0.3) is 11.7 Å². The molecule has 1 aliphatic rings. The minimum absolute atomic E-state index is 0.0453. The van der Waals surface area contributed by atoms with Crippen LogP contribution in [0.15, 0.2) is 66.8 Å². The summed E-state index contributed by atoms with van der Waals surface area (Å²) < 4.78 is 19.5. The summed E-state index contributed by atoms with van der Waals surface area (Å²) >= 11 is 0. The number of likely N-dealkylation sites (tertiary alicyclic amines) is 1. The summed E-state index contributed by atoms with van der Waals surface area (Å²) in [6, 6.07) is 11.6. The second kappa shape index (κ2) is 15.1. The van der Waals surface area contributed by atoms with E-state index in [2.05, 4.69) is 11.9 Å². The van der Waals surface area contributed by atoms with Crippen LogP contribution in [-0.4, -0.2) is 57.6 Å². The number of aliphatic hydroxyl groups is 1. The van der Waals surface area contributed by atoms with Gasteiger partial charge in [0.05, 0.1) is 37.8 Å². The van der Waals surface area contributed by atoms with Gasteiger partial charge in [0.1, 0.15) is 11.5 Å². The number of aliphatic hydroxyl groups excluding tert-OH is 1. The Morgan fingerprint density at radius 1 is 0.881 bits per heavy atom. The number of aryl methyl sites for hydroxylation is 1. The molecule has 1 atom stereocenters. The van der Waals surface area contributed by atoms with Gasteiger partial charge in [0.2, 0.25) is 0 Å². The van der Waals surface area contributed by atoms with Crippen LogP contribution >= 0.6 is 0 Å². The Hall–Kier alpha value is -4.27. The number of ketones is 1. The second-order valence-electron chi connectivity index (χ2n) is 10.2. The topological polar surface area (TPSA) is 103 Å². The second-order valence-corrected chi connectivity index (χ2v) is 10.2. The van der Waals surface area contributed by atoms with Crippen molar-refractivity contribution >= 4 is 17.4 Å². The average molecular weight is 576 g/mol. The van der Waals surface area contributed by atoms with E-state index in [0.717, 1.165) is 25.7 Å². The van der Waals surface area contributed by atoms with Gasteiger partial charge < -0.3 is 28.8 Å². The molecule has 0 spiro atoms. The van der Waals surface area contributed by atoms with Gasteiger partial charge in [0.15, 0.2) is 11.5 Å². The molecule has 224 valence electrons. The number of carbonyl (C=O) groups excluding carboxylic acids is 2. The normalized spacial score (nSPS) is 16.2. The van der Waals surface area contributed by atoms with Crippen molar-refractivity contribution < 1.29 is 28.9 Å². The minimum Gasteiger partial charge on any atom is -0.507 e. The molecule has 0 saturated carbocycles. The lowest BCUT2D eigenvalue weighted by Gasteiger charge is -2.26. The van der Waals surface area contributed by atoms with Crippen LogP contribution in [0.4, 0.5) is 0 Å². The molecule has 3 aromatic rings. The highest BCUT2D eigenvalue weighted by Crippen LogP contribution is 2.42. The number of carbonyl (C=O) groups is 2. The summed E-state index contributed by atoms with van der Waals surface area (Å²) in [5.41, 5.74) is 1.13. The summed E-state index contributed by atoms with van der Waals surface area (Å²) in [5.74, 6) is 0.220. The highest BCUT2D eigenvalue weighted by Gasteiger charge is 2.46. The molecular formula is C33H41N3O6. The van der Waals surface area contributed by atoms with E-state index in [9.17, 15) is 14.7 Å². The molecule has 1 N–H and O–H groups in total. The van der Waals surface area contributed by atoms with E-state index < -0.39 is 17.7 Å². The first-order chi connectivity index (χ1) is 20.5. The number of Topliss-reactive ketones (excluding diaryl/α,β-unsaturated/α-hetero) is 1. The molecule has 42 heavy (non-hydrogen) atoms. The van der Waals surface area contributed by atoms with E-state index in [0.29, 0.717) is 67.7 Å². The zero-order chi connectivity index (χ0) is 29.9. The summed E-state index contributed by atoms with van der Waals surface area (Å²) in [7, 11) is 0. The Bertz CT molecular complexity index is 1350. The number of benzene rings is 2. The lowest BCUT2D eigenvalue weighted by molar-refractivity contribution is -0.139. The quantitative estimate of drug-likeness (QED) is 0.0945. The molecule has 9 heteroatoms. The van der Waals surface area contributed by atoms with Gasteiger partial charge in [-0.2, -0.15) is 0 Å². The molecule has 1 unspecified atom stereocenters. The van der Waals surface area contributed by atoms with Crippen molar-refractivity contribution in [2.24, 2.45) is 0 Å². The van der Waals surface area contributed by atoms with Crippen molar-refractivity contribution in [3.63, 3.8) is 0 Å². The number of hydrogen-bond acceptors (Lipinski definition) is 7. The molecule has 1 fully saturated rings. The van der Waals surface area contributed by atoms with Crippen LogP contribution < -0.4 is 14.2 Å². The lowest BCUT2D eigenvalue weighted by Crippen LogP contribution is -2.31. The standard InChI is InChI=1S/C33H41N3O6/c1-4-7-8-21-42-27-15-12-25(22-28(27)40-6-3)30-29(31(37)24-10-13-26(14-11-24)41-20-5-2)32(38)33(39)36(30)18-9-17-35-19-16-34-23-35/h10-16,19,22-23,30,37H,4-9,17-18,20-21H2,1-3H3. The molecule has 9 nitrogen and oxygen atoms in total. The lowest BCUT2D eigenvalue weighted by atomic mass is 9.95. The van der Waals surface area contributed by atoms with Crippen LogP contribution in [0.2, 0.25) is 0 Å². The predicted octanol–water partition coefficient (Wildman–Crippen LogP) is 6.15. The number of unbranched alkanes of at least 4 members (excludes halogenated alkanes) is 2. The van der Waals surface area contributed by atoms with Crippen LogP contribution in [0.1, 0.15) is 70.0 Å². The smallest absolute Gasteiger partial charge is 0.295 e. The number of nitrogens with zero attached hydrogens (tertiary/aromatic N) is 3. The summed E-state index contributed by atoms with van der Waals surface area (Å²) in [6.07, 6.45) is 9.84. The molecule has 2 heterocycles. The van der Waals surface area contributed by atoms with Crippen molar-refractivity contribution in [3.05, 3.63) is 77.9 Å². The van der Waals surface area contributed by atoms with Crippen molar-refractivity contribution in [1.29, 1.82) is 0 Å². The Labute approximate surface area is 247 Å². The molecule has 1 aromatic heterocycles. The maximum atomic E-state index is 13.5. The van der Waals surface area contributed by atoms with Gasteiger partial charge in [-0.05, 0) is 68.1 Å². The van der Waals surface area contributed by atoms with Crippen LogP contribution in [-0.2, 0) is 16.1 Å². The highest BCUT2D eigenvalue weighted by molar-refractivity contribution is 6.46. The molecule has 1 aliphatic heterocycles. The fraction of sp³-hybridized carbons (Fsp3) is 0.424. The number of imidazole rings is 1. The molecule has 1 saturated heterocycles. The molecule has 0 aliphatic carbocycles. The molecule has 1 amide bonds. The van der Waals surface area contributed by atoms with Gasteiger partial charge in [-0.15, -0.1) is 0 Å². The van der Waals surface area contributed by atoms with Crippen molar-refractivity contribution in [1.82, 2.24) is 14.5 Å². The molecule has 0 radical (unpaired) electrons. The van der Waals surface area contributed by atoms with E-state index >= 15 is 0 Å². The molecule has 4 rings (SSSR count). The van der Waals surface area contributed by atoms with Crippen LogP contribution in [0, 0.1) is 0 Å². The van der Waals surface area contributed by atoms with E-state index in [1.807, 2.05) is 42.8 Å². The maximum absolute atomic E-state index is 13.5. The van der Waals surface area contributed by atoms with Crippen molar-refractivity contribution in [2.75, 3.05) is 26.4 Å². The Kier molecular flexibility index (Phi) is 11.0. The Morgan fingerprint density at radius 2 is 1.69 bits per heavy atom. The van der Waals surface area contributed by atoms with E-state index in [-0.39, 0.29) is 11.3 Å². The number of aromatic nitrogens is 2. The zero-order valence-electron chi connectivity index (χ0n) is 24.8. The molecular weight excluding hydrogens is 534 g/mol. The number of amides is 1. The van der Waals surface area contributed by atoms with Crippen molar-refractivity contribution in [3.8, 4) is 17.2 Å². The number of rotatable bonds is 16. The highest BCUT2D eigenvalue weighted by atomic mass is 16.5. The van der Waals surface area contributed by atoms with Crippen LogP contribution in [0.5, 0.6) is 17.2 Å². The van der Waals surface area contributed by atoms with Gasteiger partial charge in [-0.25, -0.2) is 4.98 Å². The van der Waals surface area contributed by atoms with Gasteiger partial charge in [0, 0.05) is 31.0 Å².